The number of aromatic hydroxyl groups is 3. The van der Waals surface area contributed by atoms with Crippen molar-refractivity contribution in [1.82, 2.24) is 42.5 Å². The lowest BCUT2D eigenvalue weighted by molar-refractivity contribution is -0.133. The van der Waals surface area contributed by atoms with Crippen molar-refractivity contribution in [3.05, 3.63) is 197 Å². The summed E-state index contributed by atoms with van der Waals surface area (Å²) in [7, 11) is 0. The smallest absolute Gasteiger partial charge is 0.243 e. The van der Waals surface area contributed by atoms with Crippen molar-refractivity contribution in [2.45, 2.75) is 145 Å². The van der Waals surface area contributed by atoms with E-state index in [4.69, 9.17) is 45.9 Å². The van der Waals surface area contributed by atoms with Crippen molar-refractivity contribution in [2.75, 3.05) is 13.1 Å². The molecule has 27 N–H and O–H groups in total. The van der Waals surface area contributed by atoms with Gasteiger partial charge in [0.2, 0.25) is 65.0 Å². The van der Waals surface area contributed by atoms with Crippen LogP contribution in [-0.4, -0.2) is 178 Å². The molecule has 1 aliphatic heterocycles. The lowest BCUT2D eigenvalue weighted by Gasteiger charge is -2.25. The number of guanidine groups is 2. The monoisotopic (exact) mass is 1510 g/mol. The van der Waals surface area contributed by atoms with Crippen LogP contribution in [0.3, 0.4) is 0 Å². The van der Waals surface area contributed by atoms with Crippen LogP contribution in [0.2, 0.25) is 0 Å². The Morgan fingerprint density at radius 2 is 0.645 bits per heavy atom. The number of amides is 11. The van der Waals surface area contributed by atoms with Gasteiger partial charge < -0.3 is 104 Å². The molecule has 11 amide bonds. The van der Waals surface area contributed by atoms with E-state index in [1.807, 2.05) is 91.0 Å². The molecule has 10 unspecified atom stereocenters. The number of aliphatic imine (C=N–C) groups is 4. The van der Waals surface area contributed by atoms with Crippen LogP contribution >= 0.6 is 0 Å². The van der Waals surface area contributed by atoms with Crippen LogP contribution in [0, 0.1) is 0 Å². The standard InChI is InChI=1S/C26H35N7O6.C26H35N7O4.C24H28N6O4/c1-15(34)31-22(14-17-6-10-19(36)11-7-17)25(39)32-20(3-2-12-30-26(28)29)24(38)33-21(23(27)37)13-16-4-8-18(35)9-5-16;1-17(34)31-22(16-19-11-6-3-7-12-19)25(37)32-20(13-8-14-30-26(28)29)24(36)33-21(23(27)35)15-18-9-4-2-5-10-18;25-19(10-15-4-2-1-3-5-15)23(33)30-21(12-17-13-27-14-28-17)24(34)29-20(22(26)32)11-16-6-8-18(31)9-7-16/h4-11,20-22,35-36H,2-3,12-14H2,1H3,(H2,27,37)(H,31,34)(H,32,39)(H,33,38)(H4,28,29,30);2-7,9-12,20-22H,8,13-16H2,1H3,(H2,27,35)(H,31,34)(H,32,37)(H,33,36)(H4,28,29,30);1-9,13-14,17,19-21,31H,10-12,25H2,(H2,26,32)(H,29,34)(H,30,33). The molecule has 6 aromatic rings. The second-order valence-corrected chi connectivity index (χ2v) is 25.6. The van der Waals surface area contributed by atoms with E-state index in [2.05, 4.69) is 62.5 Å². The van der Waals surface area contributed by atoms with Gasteiger partial charge >= 0.3 is 0 Å². The normalized spacial score (nSPS) is 14.2. The number of carbonyl (C=O) groups is 11. The zero-order valence-corrected chi connectivity index (χ0v) is 60.9. The first-order valence-electron chi connectivity index (χ1n) is 35.0. The van der Waals surface area contributed by atoms with Crippen LogP contribution < -0.4 is 88.4 Å². The highest BCUT2D eigenvalue weighted by Gasteiger charge is 2.33. The Morgan fingerprint density at radius 1 is 0.364 bits per heavy atom. The van der Waals surface area contributed by atoms with Gasteiger partial charge in [-0.25, -0.2) is 4.99 Å². The van der Waals surface area contributed by atoms with E-state index >= 15 is 0 Å². The fourth-order valence-corrected chi connectivity index (χ4v) is 10.9. The maximum absolute atomic E-state index is 13.2. The van der Waals surface area contributed by atoms with Gasteiger partial charge in [0.25, 0.3) is 0 Å². The predicted octanol–water partition coefficient (Wildman–Crippen LogP) is -1.79. The molecule has 0 bridgehead atoms. The third kappa shape index (κ3) is 33.5. The number of hydrogen-bond acceptors (Lipinski definition) is 19. The summed E-state index contributed by atoms with van der Waals surface area (Å²) in [5.74, 6) is -6.61. The van der Waals surface area contributed by atoms with Gasteiger partial charge in [-0.3, -0.25) is 67.7 Å². The molecule has 10 atom stereocenters. The van der Waals surface area contributed by atoms with Crippen molar-refractivity contribution >= 4 is 89.5 Å². The van der Waals surface area contributed by atoms with Crippen LogP contribution in [0.25, 0.3) is 0 Å². The molecule has 0 radical (unpaired) electrons. The largest absolute Gasteiger partial charge is 0.508 e. The highest BCUT2D eigenvalue weighted by atomic mass is 16.3. The van der Waals surface area contributed by atoms with Crippen molar-refractivity contribution in [1.29, 1.82) is 0 Å². The van der Waals surface area contributed by atoms with Crippen LogP contribution in [0.15, 0.2) is 184 Å². The number of benzene rings is 6. The Morgan fingerprint density at radius 3 is 0.945 bits per heavy atom. The van der Waals surface area contributed by atoms with Crippen molar-refractivity contribution < 1.29 is 68.1 Å². The maximum atomic E-state index is 13.2. The van der Waals surface area contributed by atoms with Crippen molar-refractivity contribution in [3.63, 3.8) is 0 Å². The Hall–Kier alpha value is -13.3. The second-order valence-electron chi connectivity index (χ2n) is 25.6. The van der Waals surface area contributed by atoms with Gasteiger partial charge in [0.05, 0.1) is 12.1 Å². The number of phenols is 3. The molecule has 1 heterocycles. The zero-order valence-electron chi connectivity index (χ0n) is 60.9. The van der Waals surface area contributed by atoms with Gasteiger partial charge in [0.1, 0.15) is 71.9 Å². The first-order chi connectivity index (χ1) is 52.4. The van der Waals surface area contributed by atoms with E-state index < -0.39 is 119 Å². The number of rotatable bonds is 39. The van der Waals surface area contributed by atoms with Crippen LogP contribution in [0.4, 0.5) is 0 Å². The predicted molar refractivity (Wildman–Crippen MR) is 413 cm³/mol. The second kappa shape index (κ2) is 46.0. The molecule has 586 valence electrons. The molecule has 0 aromatic heterocycles. The summed E-state index contributed by atoms with van der Waals surface area (Å²) in [5, 5.41) is 49.5. The van der Waals surface area contributed by atoms with Crippen LogP contribution in [0.1, 0.15) is 79.3 Å². The Bertz CT molecular complexity index is 4120. The minimum Gasteiger partial charge on any atom is -0.508 e. The van der Waals surface area contributed by atoms with Crippen LogP contribution in [-0.2, 0) is 91.3 Å². The summed E-state index contributed by atoms with van der Waals surface area (Å²) in [4.78, 5) is 154. The minimum absolute atomic E-state index is 0.0444. The average Bonchev–Trinajstić information content (AvgIpc) is 1.02. The summed E-state index contributed by atoms with van der Waals surface area (Å²) in [6.07, 6.45) is 5.08. The molecule has 0 fully saturated rings. The molecule has 110 heavy (non-hydrogen) atoms. The zero-order chi connectivity index (χ0) is 80.7. The number of carbonyl (C=O) groups excluding carboxylic acids is 11. The minimum atomic E-state index is -1.11. The SMILES string of the molecule is CC(=O)NC(Cc1ccc(O)cc1)C(=O)NC(CCCN=C(N)N)C(=O)NC(Cc1ccc(O)cc1)C(N)=O.CC(=O)NC(Cc1ccccc1)C(=O)NC(CCCN=C(N)N)C(=O)NC(Cc1ccccc1)C(N)=O.NC(=O)C(Cc1ccc(O)cc1)NC(=O)C(CC1C=NC=N1)NC(=O)C(N)Cc1ccccc1. The molecule has 7 rings (SSSR count). The van der Waals surface area contributed by atoms with E-state index in [1.165, 1.54) is 56.6 Å². The number of hydrogen-bond donors (Lipinski definition) is 19. The molecule has 6 aromatic carbocycles. The maximum Gasteiger partial charge on any atom is 0.243 e. The van der Waals surface area contributed by atoms with E-state index in [0.29, 0.717) is 36.0 Å². The number of nitrogens with two attached hydrogens (primary N) is 8. The summed E-state index contributed by atoms with van der Waals surface area (Å²) in [6, 6.07) is 36.5. The third-order valence-electron chi connectivity index (χ3n) is 16.5. The average molecular weight is 1520 g/mol. The topological polar surface area (TPSA) is 602 Å². The quantitative estimate of drug-likeness (QED) is 0.0115. The highest BCUT2D eigenvalue weighted by molar-refractivity contribution is 5.96. The summed E-state index contributed by atoms with van der Waals surface area (Å²) < 4.78 is 0. The fourth-order valence-electron chi connectivity index (χ4n) is 10.9. The van der Waals surface area contributed by atoms with Gasteiger partial charge in [-0.05, 0) is 102 Å². The summed E-state index contributed by atoms with van der Waals surface area (Å²) in [6.45, 7) is 3.00. The van der Waals surface area contributed by atoms with E-state index in [0.717, 1.165) is 16.7 Å². The fraction of sp³-hybridized carbons (Fsp3) is 0.329. The first-order valence-corrected chi connectivity index (χ1v) is 35.0. The lowest BCUT2D eigenvalue weighted by atomic mass is 10.0. The third-order valence-corrected chi connectivity index (χ3v) is 16.5. The number of phenolic OH excluding ortho intramolecular Hbond substituents is 3. The van der Waals surface area contributed by atoms with Gasteiger partial charge in [-0.15, -0.1) is 0 Å². The molecule has 0 aliphatic carbocycles. The van der Waals surface area contributed by atoms with Crippen LogP contribution in [0.5, 0.6) is 17.2 Å². The Kier molecular flexibility index (Phi) is 36.5. The molecule has 0 saturated carbocycles. The van der Waals surface area contributed by atoms with Gasteiger partial charge in [0, 0.05) is 71.7 Å². The molecule has 0 spiro atoms. The van der Waals surface area contributed by atoms with Crippen molar-refractivity contribution in [2.24, 2.45) is 65.8 Å². The van der Waals surface area contributed by atoms with E-state index in [-0.39, 0.29) is 99.5 Å². The Balaban J connectivity index is 0.000000296. The first kappa shape index (κ1) is 87.4. The Labute approximate surface area is 635 Å². The van der Waals surface area contributed by atoms with Crippen molar-refractivity contribution in [3.8, 4) is 17.2 Å². The molecule has 0 saturated heterocycles. The van der Waals surface area contributed by atoms with Gasteiger partial charge in [-0.2, -0.15) is 0 Å². The number of primary amides is 3. The highest BCUT2D eigenvalue weighted by Crippen LogP contribution is 2.17. The van der Waals surface area contributed by atoms with E-state index in [1.54, 1.807) is 42.6 Å². The lowest BCUT2D eigenvalue weighted by Crippen LogP contribution is -2.57. The number of nitrogens with one attached hydrogen (secondary N) is 8. The number of nitrogens with zero attached hydrogens (tertiary/aromatic N) is 4. The van der Waals surface area contributed by atoms with E-state index in [9.17, 15) is 68.1 Å². The summed E-state index contributed by atoms with van der Waals surface area (Å²) in [5.41, 5.74) is 48.6. The molecular formula is C76H98N20O14. The molecule has 34 nitrogen and oxygen atoms in total. The molecule has 1 aliphatic rings. The summed E-state index contributed by atoms with van der Waals surface area (Å²) >= 11 is 0. The molecule has 34 heteroatoms. The van der Waals surface area contributed by atoms with Gasteiger partial charge in [-0.1, -0.05) is 127 Å². The van der Waals surface area contributed by atoms with Gasteiger partial charge in [0.15, 0.2) is 11.9 Å². The molecular weight excluding hydrogens is 1420 g/mol.